The van der Waals surface area contributed by atoms with Crippen LogP contribution >= 0.6 is 0 Å². The first-order valence-corrected chi connectivity index (χ1v) is 10.0. The minimum Gasteiger partial charge on any atom is -0.352 e. The van der Waals surface area contributed by atoms with Crippen LogP contribution in [-0.4, -0.2) is 29.8 Å². The highest BCUT2D eigenvalue weighted by Crippen LogP contribution is 2.22. The fourth-order valence-corrected chi connectivity index (χ4v) is 3.64. The highest BCUT2D eigenvalue weighted by molar-refractivity contribution is 5.99. The molecule has 5 rings (SSSR count). The Labute approximate surface area is 171 Å². The van der Waals surface area contributed by atoms with Crippen molar-refractivity contribution in [3.63, 3.8) is 0 Å². The Kier molecular flexibility index (Phi) is 5.75. The van der Waals surface area contributed by atoms with Crippen LogP contribution in [-0.2, 0) is 29.0 Å². The first-order chi connectivity index (χ1) is 14.2. The Bertz CT molecular complexity index is 889. The minimum atomic E-state index is -0.118. The third kappa shape index (κ3) is 4.93. The molecule has 0 aliphatic carbocycles. The van der Waals surface area contributed by atoms with E-state index in [1.54, 1.807) is 0 Å². The van der Waals surface area contributed by atoms with Crippen LogP contribution in [0.15, 0.2) is 78.1 Å². The van der Waals surface area contributed by atoms with Crippen molar-refractivity contribution < 1.29 is 9.59 Å². The maximum absolute atomic E-state index is 12.8. The molecular weight excluding hydrogens is 362 g/mol. The number of carbonyl (C=O) groups is 2. The van der Waals surface area contributed by atoms with Gasteiger partial charge in [0, 0.05) is 49.6 Å². The van der Waals surface area contributed by atoms with Gasteiger partial charge in [0.05, 0.1) is 0 Å². The van der Waals surface area contributed by atoms with Gasteiger partial charge in [-0.3, -0.25) is 9.59 Å². The third-order valence-electron chi connectivity index (χ3n) is 5.24. The summed E-state index contributed by atoms with van der Waals surface area (Å²) in [5, 5.41) is 6.00. The van der Waals surface area contributed by atoms with Gasteiger partial charge in [-0.05, 0) is 29.5 Å². The number of nitrogens with one attached hydrogen (secondary N) is 2. The summed E-state index contributed by atoms with van der Waals surface area (Å²) in [6.45, 7) is 1.75. The molecule has 2 aromatic rings. The van der Waals surface area contributed by atoms with Crippen molar-refractivity contribution in [2.45, 2.75) is 25.8 Å². The molecule has 2 N–H and O–H groups in total. The Morgan fingerprint density at radius 1 is 0.724 bits per heavy atom. The van der Waals surface area contributed by atoms with E-state index in [1.165, 1.54) is 11.1 Å². The van der Waals surface area contributed by atoms with Crippen molar-refractivity contribution in [2.24, 2.45) is 0 Å². The maximum atomic E-state index is 12.8. The number of carbonyl (C=O) groups excluding carboxylic acids is 2. The van der Waals surface area contributed by atoms with E-state index < -0.39 is 0 Å². The summed E-state index contributed by atoms with van der Waals surface area (Å²) in [5.74, 6) is -0.235. The Balaban J connectivity index is 1.57. The second-order valence-electron chi connectivity index (χ2n) is 7.47. The van der Waals surface area contributed by atoms with Crippen LogP contribution < -0.4 is 10.6 Å². The van der Waals surface area contributed by atoms with Crippen LogP contribution in [0.25, 0.3) is 0 Å². The van der Waals surface area contributed by atoms with Gasteiger partial charge in [-0.1, -0.05) is 54.6 Å². The molecule has 2 amide bonds. The molecule has 4 bridgehead atoms. The quantitative estimate of drug-likeness (QED) is 0.833. The molecule has 0 radical (unpaired) electrons. The monoisotopic (exact) mass is 387 g/mol. The molecule has 2 aromatic carbocycles. The molecule has 29 heavy (non-hydrogen) atoms. The molecule has 0 saturated heterocycles. The summed E-state index contributed by atoms with van der Waals surface area (Å²) < 4.78 is 0. The number of hydrogen-bond donors (Lipinski definition) is 2. The molecule has 3 heterocycles. The van der Waals surface area contributed by atoms with Crippen LogP contribution in [0, 0.1) is 0 Å². The van der Waals surface area contributed by atoms with Gasteiger partial charge in [0.25, 0.3) is 0 Å². The molecule has 0 aromatic heterocycles. The number of amides is 2. The molecule has 0 atom stereocenters. The second kappa shape index (κ2) is 8.78. The van der Waals surface area contributed by atoms with Crippen molar-refractivity contribution in [1.29, 1.82) is 0 Å². The maximum Gasteiger partial charge on any atom is 0.249 e. The largest absolute Gasteiger partial charge is 0.352 e. The Hall–Kier alpha value is -3.34. The van der Waals surface area contributed by atoms with E-state index in [-0.39, 0.29) is 11.8 Å². The molecule has 0 fully saturated rings. The number of hydrogen-bond acceptors (Lipinski definition) is 3. The zero-order valence-electron chi connectivity index (χ0n) is 16.4. The molecule has 0 unspecified atom stereocenters. The molecule has 3 aliphatic rings. The molecule has 0 spiro atoms. The predicted molar refractivity (Wildman–Crippen MR) is 113 cm³/mol. The summed E-state index contributed by atoms with van der Waals surface area (Å²) in [5.41, 5.74) is 4.72. The zero-order valence-corrected chi connectivity index (χ0v) is 16.4. The molecule has 148 valence electrons. The summed E-state index contributed by atoms with van der Waals surface area (Å²) in [6.07, 6.45) is 5.61. The van der Waals surface area contributed by atoms with Gasteiger partial charge in [-0.15, -0.1) is 0 Å². The van der Waals surface area contributed by atoms with Gasteiger partial charge in [0.2, 0.25) is 11.8 Å². The van der Waals surface area contributed by atoms with Gasteiger partial charge in [0.1, 0.15) is 0 Å². The van der Waals surface area contributed by atoms with Crippen LogP contribution in [0.5, 0.6) is 0 Å². The average molecular weight is 387 g/mol. The highest BCUT2D eigenvalue weighted by Gasteiger charge is 2.22. The molecule has 0 saturated carbocycles. The van der Waals surface area contributed by atoms with Crippen molar-refractivity contribution >= 4 is 11.8 Å². The van der Waals surface area contributed by atoms with Gasteiger partial charge in [-0.25, -0.2) is 0 Å². The summed E-state index contributed by atoms with van der Waals surface area (Å²) in [7, 11) is 0. The standard InChI is InChI=1S/C24H25N3O2/c28-23-21-14-22(17-27(16-21)15-20-4-2-1-3-5-20)24(29)26-13-11-19-7-6-18(8-9-19)10-12-25-23/h1-9,16-17H,10-15H2,(H,25,28)(H,26,29). The van der Waals surface area contributed by atoms with E-state index in [9.17, 15) is 9.59 Å². The van der Waals surface area contributed by atoms with E-state index in [2.05, 4.69) is 34.9 Å². The van der Waals surface area contributed by atoms with Crippen LogP contribution in [0.2, 0.25) is 0 Å². The summed E-state index contributed by atoms with van der Waals surface area (Å²) in [6, 6.07) is 18.4. The van der Waals surface area contributed by atoms with E-state index in [0.29, 0.717) is 37.2 Å². The second-order valence-corrected chi connectivity index (χ2v) is 7.47. The summed E-state index contributed by atoms with van der Waals surface area (Å²) >= 11 is 0. The van der Waals surface area contributed by atoms with E-state index in [1.807, 2.05) is 47.6 Å². The van der Waals surface area contributed by atoms with Crippen molar-refractivity contribution in [3.8, 4) is 0 Å². The number of benzene rings is 2. The predicted octanol–water partition coefficient (Wildman–Crippen LogP) is 2.69. The summed E-state index contributed by atoms with van der Waals surface area (Å²) in [4.78, 5) is 27.4. The van der Waals surface area contributed by atoms with E-state index in [0.717, 1.165) is 18.4 Å². The lowest BCUT2D eigenvalue weighted by molar-refractivity contribution is -0.118. The minimum absolute atomic E-state index is 0.118. The van der Waals surface area contributed by atoms with Crippen molar-refractivity contribution in [3.05, 3.63) is 94.8 Å². The van der Waals surface area contributed by atoms with Gasteiger partial charge in [0.15, 0.2) is 0 Å². The number of nitrogens with zero attached hydrogens (tertiary/aromatic N) is 1. The van der Waals surface area contributed by atoms with E-state index in [4.69, 9.17) is 0 Å². The van der Waals surface area contributed by atoms with Crippen LogP contribution in [0.3, 0.4) is 0 Å². The van der Waals surface area contributed by atoms with E-state index >= 15 is 0 Å². The number of rotatable bonds is 2. The van der Waals surface area contributed by atoms with Crippen molar-refractivity contribution in [1.82, 2.24) is 15.5 Å². The lowest BCUT2D eigenvalue weighted by atomic mass is 10.0. The van der Waals surface area contributed by atoms with Gasteiger partial charge >= 0.3 is 0 Å². The Morgan fingerprint density at radius 3 is 1.76 bits per heavy atom. The fourth-order valence-electron chi connectivity index (χ4n) is 3.64. The Morgan fingerprint density at radius 2 is 1.24 bits per heavy atom. The van der Waals surface area contributed by atoms with Crippen LogP contribution in [0.4, 0.5) is 0 Å². The average Bonchev–Trinajstić information content (AvgIpc) is 2.75. The molecule has 5 nitrogen and oxygen atoms in total. The highest BCUT2D eigenvalue weighted by atomic mass is 16.2. The third-order valence-corrected chi connectivity index (χ3v) is 5.24. The number of fused-ring (bicyclic) bond motifs is 8. The lowest BCUT2D eigenvalue weighted by Gasteiger charge is -2.25. The normalized spacial score (nSPS) is 17.4. The van der Waals surface area contributed by atoms with Crippen LogP contribution in [0.1, 0.15) is 23.1 Å². The SMILES string of the molecule is O=C1NCCc2ccc(cc2)CCNC(=O)C2=CN(Cc3ccccc3)C=C1C2. The molecular formula is C24H25N3O2. The smallest absolute Gasteiger partial charge is 0.249 e. The first-order valence-electron chi connectivity index (χ1n) is 10.0. The first kappa shape index (κ1) is 19.0. The lowest BCUT2D eigenvalue weighted by Crippen LogP contribution is -2.33. The van der Waals surface area contributed by atoms with Gasteiger partial charge in [-0.2, -0.15) is 0 Å². The van der Waals surface area contributed by atoms with Crippen molar-refractivity contribution in [2.75, 3.05) is 13.1 Å². The fraction of sp³-hybridized carbons (Fsp3) is 0.250. The topological polar surface area (TPSA) is 61.4 Å². The molecule has 5 heteroatoms. The molecule has 3 aliphatic heterocycles. The zero-order chi connectivity index (χ0) is 20.1. The van der Waals surface area contributed by atoms with Gasteiger partial charge < -0.3 is 15.5 Å².